The van der Waals surface area contributed by atoms with E-state index in [0.717, 1.165) is 4.47 Å². The molecule has 0 aliphatic rings. The summed E-state index contributed by atoms with van der Waals surface area (Å²) in [7, 11) is 0. The number of Topliss-reactive ketones (excluding diaryl/α,β-unsaturated/α-hetero) is 1. The van der Waals surface area contributed by atoms with E-state index in [2.05, 4.69) is 21.2 Å². The molecule has 0 aliphatic heterocycles. The molecule has 1 aromatic carbocycles. The Hall–Kier alpha value is -0.870. The third-order valence-corrected chi connectivity index (χ3v) is 2.30. The first kappa shape index (κ1) is 12.2. The average molecular weight is 291 g/mol. The first-order valence-electron chi connectivity index (χ1n) is 4.23. The smallest absolute Gasteiger partial charge is 0.251 e. The summed E-state index contributed by atoms with van der Waals surface area (Å²) in [6.07, 6.45) is 0. The molecule has 0 bridgehead atoms. The minimum absolute atomic E-state index is 0.0307. The predicted molar refractivity (Wildman–Crippen MR) is 62.2 cm³/mol. The molecule has 1 N–H and O–H groups in total. The zero-order chi connectivity index (χ0) is 11.4. The van der Waals surface area contributed by atoms with Crippen molar-refractivity contribution in [2.75, 3.05) is 6.54 Å². The van der Waals surface area contributed by atoms with Gasteiger partial charge in [-0.05, 0) is 25.1 Å². The number of ketones is 1. The molecule has 0 radical (unpaired) electrons. The summed E-state index contributed by atoms with van der Waals surface area (Å²) < 4.78 is 0.725. The Morgan fingerprint density at radius 2 is 2.07 bits per heavy atom. The molecule has 0 unspecified atom stereocenters. The summed E-state index contributed by atoms with van der Waals surface area (Å²) in [5, 5.41) is 2.95. The Balaban J connectivity index is 2.77. The van der Waals surface area contributed by atoms with Gasteiger partial charge < -0.3 is 5.32 Å². The Kier molecular flexibility index (Phi) is 4.29. The number of hydrogen-bond donors (Lipinski definition) is 1. The molecule has 0 fully saturated rings. The van der Waals surface area contributed by atoms with Crippen LogP contribution in [0.15, 0.2) is 22.7 Å². The van der Waals surface area contributed by atoms with Crippen LogP contribution < -0.4 is 5.32 Å². The maximum atomic E-state index is 11.5. The van der Waals surface area contributed by atoms with Crippen molar-refractivity contribution in [1.29, 1.82) is 0 Å². The quantitative estimate of drug-likeness (QED) is 0.929. The van der Waals surface area contributed by atoms with Crippen molar-refractivity contribution in [2.45, 2.75) is 6.92 Å². The molecule has 0 aromatic heterocycles. The summed E-state index contributed by atoms with van der Waals surface area (Å²) in [4.78, 5) is 22.2. The van der Waals surface area contributed by atoms with Crippen molar-refractivity contribution in [3.05, 3.63) is 33.3 Å². The minimum Gasteiger partial charge on any atom is -0.345 e. The highest BCUT2D eigenvalue weighted by atomic mass is 79.9. The molecule has 1 rings (SSSR count). The molecular formula is C10H9BrClNO2. The van der Waals surface area contributed by atoms with Gasteiger partial charge in [-0.1, -0.05) is 27.5 Å². The van der Waals surface area contributed by atoms with Gasteiger partial charge in [0, 0.05) is 15.1 Å². The standard InChI is InChI=1S/C10H9BrClNO2/c1-6(14)5-13-10(15)7-2-8(11)4-9(12)3-7/h2-4H,5H2,1H3,(H,13,15). The fraction of sp³-hybridized carbons (Fsp3) is 0.200. The van der Waals surface area contributed by atoms with Gasteiger partial charge in [0.05, 0.1) is 6.54 Å². The molecule has 0 heterocycles. The number of carbonyl (C=O) groups excluding carboxylic acids is 2. The van der Waals surface area contributed by atoms with E-state index in [1.54, 1.807) is 18.2 Å². The lowest BCUT2D eigenvalue weighted by Gasteiger charge is -2.04. The highest BCUT2D eigenvalue weighted by Gasteiger charge is 2.07. The fourth-order valence-corrected chi connectivity index (χ4v) is 1.85. The summed E-state index contributed by atoms with van der Waals surface area (Å²) in [5.41, 5.74) is 0.427. The van der Waals surface area contributed by atoms with Crippen LogP contribution in [0.5, 0.6) is 0 Å². The maximum Gasteiger partial charge on any atom is 0.251 e. The summed E-state index contributed by atoms with van der Waals surface area (Å²) in [6, 6.07) is 4.87. The fourth-order valence-electron chi connectivity index (χ4n) is 0.992. The summed E-state index contributed by atoms with van der Waals surface area (Å²) >= 11 is 9.01. The van der Waals surface area contributed by atoms with Crippen molar-refractivity contribution in [2.24, 2.45) is 0 Å². The summed E-state index contributed by atoms with van der Waals surface area (Å²) in [6.45, 7) is 1.44. The number of halogens is 2. The SMILES string of the molecule is CC(=O)CNC(=O)c1cc(Cl)cc(Br)c1. The monoisotopic (exact) mass is 289 g/mol. The van der Waals surface area contributed by atoms with Crippen LogP contribution in [0, 0.1) is 0 Å². The molecule has 0 spiro atoms. The Morgan fingerprint density at radius 3 is 2.60 bits per heavy atom. The lowest BCUT2D eigenvalue weighted by Crippen LogP contribution is -2.28. The molecular weight excluding hydrogens is 281 g/mol. The zero-order valence-corrected chi connectivity index (χ0v) is 10.4. The first-order valence-corrected chi connectivity index (χ1v) is 5.40. The van der Waals surface area contributed by atoms with Crippen LogP contribution in [0.4, 0.5) is 0 Å². The summed E-state index contributed by atoms with van der Waals surface area (Å²) in [5.74, 6) is -0.405. The molecule has 3 nitrogen and oxygen atoms in total. The normalized spacial score (nSPS) is 9.80. The van der Waals surface area contributed by atoms with Gasteiger partial charge in [0.1, 0.15) is 5.78 Å². The third kappa shape index (κ3) is 4.01. The minimum atomic E-state index is -0.312. The molecule has 0 aliphatic carbocycles. The van der Waals surface area contributed by atoms with Gasteiger partial charge in [0.15, 0.2) is 0 Å². The van der Waals surface area contributed by atoms with Crippen LogP contribution in [0.2, 0.25) is 5.02 Å². The second kappa shape index (κ2) is 5.28. The number of nitrogens with one attached hydrogen (secondary N) is 1. The van der Waals surface area contributed by atoms with E-state index < -0.39 is 0 Å². The van der Waals surface area contributed by atoms with Gasteiger partial charge in [0.25, 0.3) is 5.91 Å². The predicted octanol–water partition coefficient (Wildman–Crippen LogP) is 2.42. The van der Waals surface area contributed by atoms with E-state index in [9.17, 15) is 9.59 Å². The Bertz CT molecular complexity index is 386. The van der Waals surface area contributed by atoms with Gasteiger partial charge in [-0.15, -0.1) is 0 Å². The van der Waals surface area contributed by atoms with E-state index in [4.69, 9.17) is 11.6 Å². The molecule has 0 atom stereocenters. The van der Waals surface area contributed by atoms with Crippen LogP contribution in [-0.4, -0.2) is 18.2 Å². The largest absolute Gasteiger partial charge is 0.345 e. The third-order valence-electron chi connectivity index (χ3n) is 1.62. The van der Waals surface area contributed by atoms with Crippen molar-refractivity contribution >= 4 is 39.2 Å². The second-order valence-corrected chi connectivity index (χ2v) is 4.39. The average Bonchev–Trinajstić information content (AvgIpc) is 2.12. The van der Waals surface area contributed by atoms with Crippen LogP contribution in [0.3, 0.4) is 0 Å². The topological polar surface area (TPSA) is 46.2 Å². The van der Waals surface area contributed by atoms with Crippen molar-refractivity contribution in [1.82, 2.24) is 5.32 Å². The lowest BCUT2D eigenvalue weighted by molar-refractivity contribution is -0.116. The van der Waals surface area contributed by atoms with E-state index in [1.165, 1.54) is 6.92 Å². The van der Waals surface area contributed by atoms with E-state index in [-0.39, 0.29) is 18.2 Å². The molecule has 1 amide bonds. The molecule has 1 aromatic rings. The molecule has 5 heteroatoms. The van der Waals surface area contributed by atoms with Gasteiger partial charge in [-0.3, -0.25) is 9.59 Å². The number of carbonyl (C=O) groups is 2. The molecule has 0 saturated heterocycles. The van der Waals surface area contributed by atoms with Crippen LogP contribution in [0.25, 0.3) is 0 Å². The zero-order valence-electron chi connectivity index (χ0n) is 8.01. The van der Waals surface area contributed by atoms with Gasteiger partial charge in [-0.2, -0.15) is 0 Å². The Labute approximate surface area is 101 Å². The number of rotatable bonds is 3. The number of hydrogen-bond acceptors (Lipinski definition) is 2. The van der Waals surface area contributed by atoms with Gasteiger partial charge >= 0.3 is 0 Å². The van der Waals surface area contributed by atoms with Crippen LogP contribution >= 0.6 is 27.5 Å². The number of benzene rings is 1. The maximum absolute atomic E-state index is 11.5. The van der Waals surface area contributed by atoms with Crippen molar-refractivity contribution in [3.8, 4) is 0 Å². The molecule has 15 heavy (non-hydrogen) atoms. The highest BCUT2D eigenvalue weighted by Crippen LogP contribution is 2.19. The lowest BCUT2D eigenvalue weighted by atomic mass is 10.2. The van der Waals surface area contributed by atoms with Gasteiger partial charge in [0.2, 0.25) is 0 Å². The van der Waals surface area contributed by atoms with Crippen molar-refractivity contribution in [3.63, 3.8) is 0 Å². The molecule has 80 valence electrons. The molecule has 0 saturated carbocycles. The number of amides is 1. The van der Waals surface area contributed by atoms with Gasteiger partial charge in [-0.25, -0.2) is 0 Å². The van der Waals surface area contributed by atoms with Crippen LogP contribution in [-0.2, 0) is 4.79 Å². The first-order chi connectivity index (χ1) is 6.99. The highest BCUT2D eigenvalue weighted by molar-refractivity contribution is 9.10. The van der Waals surface area contributed by atoms with E-state index in [0.29, 0.717) is 10.6 Å². The van der Waals surface area contributed by atoms with Crippen LogP contribution in [0.1, 0.15) is 17.3 Å². The van der Waals surface area contributed by atoms with Crippen molar-refractivity contribution < 1.29 is 9.59 Å². The Morgan fingerprint density at radius 1 is 1.40 bits per heavy atom. The second-order valence-electron chi connectivity index (χ2n) is 3.04. The van der Waals surface area contributed by atoms with E-state index >= 15 is 0 Å². The van der Waals surface area contributed by atoms with E-state index in [1.807, 2.05) is 0 Å².